The highest BCUT2D eigenvalue weighted by atomic mass is 127. The molecule has 0 unspecified atom stereocenters. The van der Waals surface area contributed by atoms with Gasteiger partial charge in [0.15, 0.2) is 0 Å². The van der Waals surface area contributed by atoms with E-state index in [-0.39, 0.29) is 6.03 Å². The molecule has 100 valence electrons. The number of rotatable bonds is 7. The fraction of sp³-hybridized carbons (Fsp3) is 0.462. The molecule has 0 aromatic heterocycles. The quantitative estimate of drug-likeness (QED) is 0.578. The van der Waals surface area contributed by atoms with Gasteiger partial charge in [-0.25, -0.2) is 4.79 Å². The predicted octanol–water partition coefficient (Wildman–Crippen LogP) is 3.23. The molecule has 1 aromatic carbocycles. The number of para-hydroxylation sites is 1. The zero-order valence-electron chi connectivity index (χ0n) is 10.5. The molecule has 2 N–H and O–H groups in total. The third-order valence-corrected chi connectivity index (χ3v) is 3.27. The zero-order chi connectivity index (χ0) is 13.2. The molecule has 0 saturated carbocycles. The summed E-state index contributed by atoms with van der Waals surface area (Å²) in [5.41, 5.74) is 0.838. The molecule has 0 heterocycles. The fourth-order valence-electron chi connectivity index (χ4n) is 1.40. The lowest BCUT2D eigenvalue weighted by Crippen LogP contribution is -2.29. The van der Waals surface area contributed by atoms with E-state index in [2.05, 4.69) is 33.2 Å². The van der Waals surface area contributed by atoms with Crippen LogP contribution in [-0.2, 0) is 4.74 Å². The van der Waals surface area contributed by atoms with Gasteiger partial charge in [0.2, 0.25) is 0 Å². The van der Waals surface area contributed by atoms with Crippen LogP contribution < -0.4 is 10.6 Å². The van der Waals surface area contributed by atoms with Gasteiger partial charge in [-0.2, -0.15) is 0 Å². The molecule has 0 fully saturated rings. The van der Waals surface area contributed by atoms with E-state index < -0.39 is 0 Å². The number of benzene rings is 1. The first-order valence-electron chi connectivity index (χ1n) is 6.11. The van der Waals surface area contributed by atoms with Gasteiger partial charge >= 0.3 is 6.03 Å². The van der Waals surface area contributed by atoms with Crippen LogP contribution in [0.5, 0.6) is 0 Å². The summed E-state index contributed by atoms with van der Waals surface area (Å²) in [4.78, 5) is 11.6. The third-order valence-electron chi connectivity index (χ3n) is 2.33. The van der Waals surface area contributed by atoms with E-state index in [9.17, 15) is 4.79 Å². The monoisotopic (exact) mass is 362 g/mol. The Bertz CT molecular complexity index is 372. The van der Waals surface area contributed by atoms with Crippen LogP contribution in [0.4, 0.5) is 10.5 Å². The SMILES string of the molecule is CCOCCCCNC(=O)Nc1ccccc1I. The molecule has 0 bridgehead atoms. The number of carbonyl (C=O) groups excluding carboxylic acids is 1. The van der Waals surface area contributed by atoms with Crippen LogP contribution in [0.1, 0.15) is 19.8 Å². The number of unbranched alkanes of at least 4 members (excludes halogenated alkanes) is 1. The molecule has 0 spiro atoms. The van der Waals surface area contributed by atoms with Gasteiger partial charge in [0.05, 0.1) is 5.69 Å². The van der Waals surface area contributed by atoms with E-state index in [0.29, 0.717) is 6.54 Å². The van der Waals surface area contributed by atoms with E-state index in [1.807, 2.05) is 31.2 Å². The summed E-state index contributed by atoms with van der Waals surface area (Å²) in [6, 6.07) is 7.53. The number of hydrogen-bond donors (Lipinski definition) is 2. The Morgan fingerprint density at radius 1 is 1.33 bits per heavy atom. The second-order valence-electron chi connectivity index (χ2n) is 3.76. The molecule has 4 nitrogen and oxygen atoms in total. The van der Waals surface area contributed by atoms with Crippen molar-refractivity contribution < 1.29 is 9.53 Å². The minimum atomic E-state index is -0.157. The largest absolute Gasteiger partial charge is 0.382 e. The highest BCUT2D eigenvalue weighted by molar-refractivity contribution is 14.1. The van der Waals surface area contributed by atoms with Crippen LogP contribution in [0.2, 0.25) is 0 Å². The number of carbonyl (C=O) groups is 1. The lowest BCUT2D eigenvalue weighted by Gasteiger charge is -2.08. The molecule has 0 aliphatic rings. The average molecular weight is 362 g/mol. The molecule has 0 atom stereocenters. The zero-order valence-corrected chi connectivity index (χ0v) is 12.7. The second-order valence-corrected chi connectivity index (χ2v) is 4.93. The summed E-state index contributed by atoms with van der Waals surface area (Å²) in [7, 11) is 0. The first-order valence-corrected chi connectivity index (χ1v) is 7.19. The van der Waals surface area contributed by atoms with E-state index in [4.69, 9.17) is 4.74 Å². The standard InChI is InChI=1S/C13H19IN2O2/c1-2-18-10-6-5-9-15-13(17)16-12-8-4-3-7-11(12)14/h3-4,7-8H,2,5-6,9-10H2,1H3,(H2,15,16,17). The Labute approximate surface area is 122 Å². The highest BCUT2D eigenvalue weighted by Gasteiger charge is 2.03. The van der Waals surface area contributed by atoms with Crippen LogP contribution in [0.15, 0.2) is 24.3 Å². The molecule has 0 aliphatic heterocycles. The van der Waals surface area contributed by atoms with Crippen molar-refractivity contribution in [1.82, 2.24) is 5.32 Å². The van der Waals surface area contributed by atoms with Crippen LogP contribution in [-0.4, -0.2) is 25.8 Å². The van der Waals surface area contributed by atoms with Crippen LogP contribution in [0.3, 0.4) is 0 Å². The van der Waals surface area contributed by atoms with E-state index >= 15 is 0 Å². The van der Waals surface area contributed by atoms with Crippen LogP contribution in [0, 0.1) is 3.57 Å². The fourth-order valence-corrected chi connectivity index (χ4v) is 1.93. The van der Waals surface area contributed by atoms with Crippen molar-refractivity contribution in [2.24, 2.45) is 0 Å². The van der Waals surface area contributed by atoms with Crippen molar-refractivity contribution in [3.8, 4) is 0 Å². The van der Waals surface area contributed by atoms with Gasteiger partial charge in [-0.05, 0) is 54.5 Å². The number of halogens is 1. The number of ether oxygens (including phenoxy) is 1. The van der Waals surface area contributed by atoms with Crippen molar-refractivity contribution in [3.05, 3.63) is 27.8 Å². The number of nitrogens with one attached hydrogen (secondary N) is 2. The van der Waals surface area contributed by atoms with Gasteiger partial charge in [-0.15, -0.1) is 0 Å². The summed E-state index contributed by atoms with van der Waals surface area (Å²) in [6.07, 6.45) is 1.90. The number of urea groups is 1. The summed E-state index contributed by atoms with van der Waals surface area (Å²) in [5.74, 6) is 0. The molecule has 1 aromatic rings. The van der Waals surface area contributed by atoms with Gasteiger partial charge in [-0.3, -0.25) is 0 Å². The Balaban J connectivity index is 2.16. The van der Waals surface area contributed by atoms with Gasteiger partial charge in [-0.1, -0.05) is 12.1 Å². The van der Waals surface area contributed by atoms with Crippen molar-refractivity contribution in [2.75, 3.05) is 25.1 Å². The smallest absolute Gasteiger partial charge is 0.319 e. The summed E-state index contributed by atoms with van der Waals surface area (Å²) in [5, 5.41) is 5.65. The normalized spacial score (nSPS) is 10.1. The molecule has 5 heteroatoms. The van der Waals surface area contributed by atoms with Gasteiger partial charge < -0.3 is 15.4 Å². The Morgan fingerprint density at radius 2 is 2.11 bits per heavy atom. The maximum Gasteiger partial charge on any atom is 0.319 e. The molecule has 2 amide bonds. The molecule has 1 rings (SSSR count). The molecule has 18 heavy (non-hydrogen) atoms. The van der Waals surface area contributed by atoms with Crippen molar-refractivity contribution in [2.45, 2.75) is 19.8 Å². The molecule has 0 saturated heterocycles. The van der Waals surface area contributed by atoms with Gasteiger partial charge in [0, 0.05) is 23.3 Å². The first kappa shape index (κ1) is 15.2. The maximum absolute atomic E-state index is 11.6. The van der Waals surface area contributed by atoms with Crippen molar-refractivity contribution in [1.29, 1.82) is 0 Å². The summed E-state index contributed by atoms with van der Waals surface area (Å²) >= 11 is 2.19. The molecular weight excluding hydrogens is 343 g/mol. The summed E-state index contributed by atoms with van der Waals surface area (Å²) < 4.78 is 6.25. The van der Waals surface area contributed by atoms with Crippen molar-refractivity contribution in [3.63, 3.8) is 0 Å². The summed E-state index contributed by atoms with van der Waals surface area (Å²) in [6.45, 7) is 4.16. The molecular formula is C13H19IN2O2. The van der Waals surface area contributed by atoms with E-state index in [0.717, 1.165) is 35.3 Å². The van der Waals surface area contributed by atoms with Gasteiger partial charge in [0.25, 0.3) is 0 Å². The number of anilines is 1. The van der Waals surface area contributed by atoms with Gasteiger partial charge in [0.1, 0.15) is 0 Å². The topological polar surface area (TPSA) is 50.4 Å². The average Bonchev–Trinajstić information content (AvgIpc) is 2.36. The maximum atomic E-state index is 11.6. The Morgan fingerprint density at radius 3 is 2.83 bits per heavy atom. The van der Waals surface area contributed by atoms with Crippen LogP contribution >= 0.6 is 22.6 Å². The minimum absolute atomic E-state index is 0.157. The lowest BCUT2D eigenvalue weighted by atomic mass is 10.3. The molecule has 0 radical (unpaired) electrons. The molecule has 0 aliphatic carbocycles. The first-order chi connectivity index (χ1) is 8.74. The van der Waals surface area contributed by atoms with E-state index in [1.54, 1.807) is 0 Å². The predicted molar refractivity (Wildman–Crippen MR) is 81.9 cm³/mol. The van der Waals surface area contributed by atoms with E-state index in [1.165, 1.54) is 0 Å². The third kappa shape index (κ3) is 6.20. The Hall–Kier alpha value is -0.820. The Kier molecular flexibility index (Phi) is 7.75. The van der Waals surface area contributed by atoms with Crippen LogP contribution in [0.25, 0.3) is 0 Å². The second kappa shape index (κ2) is 9.16. The number of hydrogen-bond acceptors (Lipinski definition) is 2. The number of amides is 2. The highest BCUT2D eigenvalue weighted by Crippen LogP contribution is 2.16. The minimum Gasteiger partial charge on any atom is -0.382 e. The van der Waals surface area contributed by atoms with Crippen molar-refractivity contribution >= 4 is 34.3 Å². The lowest BCUT2D eigenvalue weighted by molar-refractivity contribution is 0.143.